The maximum Gasteiger partial charge on any atom is 0.241 e. The van der Waals surface area contributed by atoms with E-state index in [1.54, 1.807) is 0 Å². The second-order valence-corrected chi connectivity index (χ2v) is 7.62. The second-order valence-electron chi connectivity index (χ2n) is 7.21. The molecule has 0 aliphatic heterocycles. The van der Waals surface area contributed by atoms with Crippen molar-refractivity contribution < 1.29 is 9.53 Å². The van der Waals surface area contributed by atoms with Gasteiger partial charge < -0.3 is 10.1 Å². The first kappa shape index (κ1) is 20.7. The fraction of sp³-hybridized carbons (Fsp3) is 0.333. The molecule has 3 N–H and O–H groups in total. The lowest BCUT2D eigenvalue weighted by molar-refractivity contribution is -0.122. The number of hydrogen-bond donors (Lipinski definition) is 3. The minimum atomic E-state index is -0.190. The lowest BCUT2D eigenvalue weighted by Crippen LogP contribution is -2.46. The van der Waals surface area contributed by atoms with Crippen LogP contribution in [0.3, 0.4) is 0 Å². The van der Waals surface area contributed by atoms with E-state index in [4.69, 9.17) is 17.0 Å². The molecule has 0 heterocycles. The van der Waals surface area contributed by atoms with Gasteiger partial charge in [-0.15, -0.1) is 0 Å². The van der Waals surface area contributed by atoms with Gasteiger partial charge in [-0.25, -0.2) is 0 Å². The summed E-state index contributed by atoms with van der Waals surface area (Å²) in [5, 5.41) is 3.39. The summed E-state index contributed by atoms with van der Waals surface area (Å²) in [6.07, 6.45) is 0.231. The SMILES string of the molecule is CC(C)(C)c1ccc(OCCC(=O)NNC(=S)NCc2ccccc2)cc1. The molecule has 5 nitrogen and oxygen atoms in total. The number of hydrogen-bond acceptors (Lipinski definition) is 3. The van der Waals surface area contributed by atoms with E-state index < -0.39 is 0 Å². The van der Waals surface area contributed by atoms with Crippen LogP contribution in [0.15, 0.2) is 54.6 Å². The number of carbonyl (C=O) groups excluding carboxylic acids is 1. The molecule has 2 aromatic carbocycles. The number of hydrazine groups is 1. The Balaban J connectivity index is 1.62. The van der Waals surface area contributed by atoms with Gasteiger partial charge in [0.1, 0.15) is 5.75 Å². The van der Waals surface area contributed by atoms with E-state index in [1.165, 1.54) is 5.56 Å². The van der Waals surface area contributed by atoms with Gasteiger partial charge in [0, 0.05) is 6.54 Å². The van der Waals surface area contributed by atoms with Crippen LogP contribution in [0.2, 0.25) is 0 Å². The molecule has 0 aliphatic carbocycles. The molecule has 0 unspecified atom stereocenters. The molecule has 0 aliphatic rings. The van der Waals surface area contributed by atoms with Crippen LogP contribution < -0.4 is 20.9 Å². The lowest BCUT2D eigenvalue weighted by atomic mass is 9.87. The van der Waals surface area contributed by atoms with Gasteiger partial charge in [-0.3, -0.25) is 15.6 Å². The third kappa shape index (κ3) is 7.66. The van der Waals surface area contributed by atoms with Crippen molar-refractivity contribution in [3.05, 3.63) is 65.7 Å². The maximum atomic E-state index is 11.9. The van der Waals surface area contributed by atoms with Crippen LogP contribution in [-0.2, 0) is 16.8 Å². The Morgan fingerprint density at radius 3 is 2.30 bits per heavy atom. The molecular weight excluding hydrogens is 358 g/mol. The number of benzene rings is 2. The fourth-order valence-corrected chi connectivity index (χ4v) is 2.45. The summed E-state index contributed by atoms with van der Waals surface area (Å²) in [5.41, 5.74) is 7.71. The van der Waals surface area contributed by atoms with Crippen molar-refractivity contribution in [2.24, 2.45) is 0 Å². The Kier molecular flexibility index (Phi) is 7.61. The van der Waals surface area contributed by atoms with Crippen LogP contribution in [-0.4, -0.2) is 17.6 Å². The summed E-state index contributed by atoms with van der Waals surface area (Å²) in [6.45, 7) is 7.39. The van der Waals surface area contributed by atoms with Crippen molar-refractivity contribution in [3.63, 3.8) is 0 Å². The number of nitrogens with one attached hydrogen (secondary N) is 3. The average molecular weight is 386 g/mol. The predicted octanol–water partition coefficient (Wildman–Crippen LogP) is 3.45. The van der Waals surface area contributed by atoms with E-state index in [-0.39, 0.29) is 17.7 Å². The first-order valence-electron chi connectivity index (χ1n) is 8.94. The number of rotatable bonds is 6. The summed E-state index contributed by atoms with van der Waals surface area (Å²) in [7, 11) is 0. The normalized spacial score (nSPS) is 10.8. The molecule has 0 spiro atoms. The predicted molar refractivity (Wildman–Crippen MR) is 112 cm³/mol. The Hall–Kier alpha value is -2.60. The van der Waals surface area contributed by atoms with E-state index in [1.807, 2.05) is 54.6 Å². The number of amides is 1. The molecule has 6 heteroatoms. The van der Waals surface area contributed by atoms with Crippen LogP contribution >= 0.6 is 12.2 Å². The minimum absolute atomic E-state index is 0.108. The highest BCUT2D eigenvalue weighted by Crippen LogP contribution is 2.24. The standard InChI is InChI=1S/C21H27N3O2S/c1-21(2,3)17-9-11-18(12-10-17)26-14-13-19(25)23-24-20(27)22-15-16-7-5-4-6-8-16/h4-12H,13-15H2,1-3H3,(H,23,25)(H2,22,24,27). The molecule has 0 saturated carbocycles. The summed E-state index contributed by atoms with van der Waals surface area (Å²) >= 11 is 5.13. The molecule has 2 rings (SSSR count). The van der Waals surface area contributed by atoms with Gasteiger partial charge in [0.25, 0.3) is 0 Å². The third-order valence-corrected chi connectivity index (χ3v) is 4.18. The summed E-state index contributed by atoms with van der Waals surface area (Å²) < 4.78 is 5.62. The molecule has 0 fully saturated rings. The molecule has 0 saturated heterocycles. The highest BCUT2D eigenvalue weighted by atomic mass is 32.1. The van der Waals surface area contributed by atoms with Crippen molar-refractivity contribution in [2.75, 3.05) is 6.61 Å². The minimum Gasteiger partial charge on any atom is -0.493 e. The largest absolute Gasteiger partial charge is 0.493 e. The van der Waals surface area contributed by atoms with Crippen LogP contribution in [0.25, 0.3) is 0 Å². The van der Waals surface area contributed by atoms with Crippen molar-refractivity contribution in [2.45, 2.75) is 39.2 Å². The van der Waals surface area contributed by atoms with Crippen molar-refractivity contribution >= 4 is 23.2 Å². The quantitative estimate of drug-likeness (QED) is 0.525. The zero-order valence-electron chi connectivity index (χ0n) is 16.0. The number of ether oxygens (including phenoxy) is 1. The molecule has 0 bridgehead atoms. The smallest absolute Gasteiger partial charge is 0.241 e. The van der Waals surface area contributed by atoms with Gasteiger partial charge >= 0.3 is 0 Å². The molecule has 144 valence electrons. The number of thiocarbonyl (C=S) groups is 1. The molecule has 2 aromatic rings. The molecule has 0 aromatic heterocycles. The molecule has 0 atom stereocenters. The van der Waals surface area contributed by atoms with Crippen LogP contribution in [0.5, 0.6) is 5.75 Å². The highest BCUT2D eigenvalue weighted by Gasteiger charge is 2.13. The van der Waals surface area contributed by atoms with E-state index in [9.17, 15) is 4.79 Å². The van der Waals surface area contributed by atoms with E-state index in [2.05, 4.69) is 36.9 Å². The fourth-order valence-electron chi connectivity index (χ4n) is 2.32. The first-order valence-corrected chi connectivity index (χ1v) is 9.35. The Morgan fingerprint density at radius 1 is 1.00 bits per heavy atom. The number of carbonyl (C=O) groups is 1. The molecule has 1 amide bonds. The van der Waals surface area contributed by atoms with Gasteiger partial charge in [0.05, 0.1) is 13.0 Å². The van der Waals surface area contributed by atoms with Gasteiger partial charge in [-0.1, -0.05) is 63.2 Å². The van der Waals surface area contributed by atoms with Crippen LogP contribution in [0.4, 0.5) is 0 Å². The maximum absolute atomic E-state index is 11.9. The lowest BCUT2D eigenvalue weighted by Gasteiger charge is -2.19. The monoisotopic (exact) mass is 385 g/mol. The summed E-state index contributed by atoms with van der Waals surface area (Å²) in [5.74, 6) is 0.564. The zero-order valence-corrected chi connectivity index (χ0v) is 16.9. The molecular formula is C21H27N3O2S. The van der Waals surface area contributed by atoms with E-state index in [0.717, 1.165) is 11.3 Å². The van der Waals surface area contributed by atoms with Crippen molar-refractivity contribution in [3.8, 4) is 5.75 Å². The highest BCUT2D eigenvalue weighted by molar-refractivity contribution is 7.80. The Labute approximate surface area is 166 Å². The molecule has 0 radical (unpaired) electrons. The summed E-state index contributed by atoms with van der Waals surface area (Å²) in [6, 6.07) is 17.8. The van der Waals surface area contributed by atoms with E-state index in [0.29, 0.717) is 18.3 Å². The average Bonchev–Trinajstić information content (AvgIpc) is 2.65. The van der Waals surface area contributed by atoms with Crippen LogP contribution in [0, 0.1) is 0 Å². The third-order valence-electron chi connectivity index (χ3n) is 3.93. The Bertz CT molecular complexity index is 740. The van der Waals surface area contributed by atoms with Gasteiger partial charge in [0.2, 0.25) is 5.91 Å². The van der Waals surface area contributed by atoms with Gasteiger partial charge in [-0.05, 0) is 40.9 Å². The van der Waals surface area contributed by atoms with Gasteiger partial charge in [-0.2, -0.15) is 0 Å². The summed E-state index contributed by atoms with van der Waals surface area (Å²) in [4.78, 5) is 11.9. The second kappa shape index (κ2) is 9.92. The zero-order chi connectivity index (χ0) is 19.7. The van der Waals surface area contributed by atoms with Crippen molar-refractivity contribution in [1.82, 2.24) is 16.2 Å². The first-order chi connectivity index (χ1) is 12.8. The Morgan fingerprint density at radius 2 is 1.67 bits per heavy atom. The van der Waals surface area contributed by atoms with E-state index >= 15 is 0 Å². The topological polar surface area (TPSA) is 62.4 Å². The van der Waals surface area contributed by atoms with Gasteiger partial charge in [0.15, 0.2) is 5.11 Å². The molecule has 27 heavy (non-hydrogen) atoms. The van der Waals surface area contributed by atoms with Crippen LogP contribution in [0.1, 0.15) is 38.3 Å². The van der Waals surface area contributed by atoms with Crippen molar-refractivity contribution in [1.29, 1.82) is 0 Å².